The fourth-order valence-electron chi connectivity index (χ4n) is 2.00. The van der Waals surface area contributed by atoms with Crippen molar-refractivity contribution >= 4 is 23.2 Å². The molecule has 1 N–H and O–H groups in total. The van der Waals surface area contributed by atoms with Crippen LogP contribution in [0.3, 0.4) is 0 Å². The third-order valence-electron chi connectivity index (χ3n) is 2.91. The maximum atomic E-state index is 6.09. The van der Waals surface area contributed by atoms with Crippen molar-refractivity contribution in [2.45, 2.75) is 20.4 Å². The van der Waals surface area contributed by atoms with Crippen LogP contribution in [0.15, 0.2) is 24.4 Å². The molecule has 2 aromatic rings. The summed E-state index contributed by atoms with van der Waals surface area (Å²) in [6, 6.07) is 5.58. The molecular weight excluding hydrogens is 295 g/mol. The van der Waals surface area contributed by atoms with Crippen molar-refractivity contribution in [2.75, 3.05) is 7.05 Å². The minimum atomic E-state index is 0.521. The predicted octanol–water partition coefficient (Wildman–Crippen LogP) is 4.52. The van der Waals surface area contributed by atoms with Gasteiger partial charge in [-0.3, -0.25) is 0 Å². The lowest BCUT2D eigenvalue weighted by molar-refractivity contribution is 0.455. The summed E-state index contributed by atoms with van der Waals surface area (Å²) in [6.07, 6.45) is 1.60. The molecule has 106 valence electrons. The lowest BCUT2D eigenvalue weighted by atomic mass is 10.1. The van der Waals surface area contributed by atoms with Gasteiger partial charge < -0.3 is 10.1 Å². The maximum Gasteiger partial charge on any atom is 0.219 e. The van der Waals surface area contributed by atoms with Gasteiger partial charge in [-0.2, -0.15) is 0 Å². The summed E-state index contributed by atoms with van der Waals surface area (Å²) >= 11 is 12.1. The highest BCUT2D eigenvalue weighted by molar-refractivity contribution is 6.31. The van der Waals surface area contributed by atoms with Gasteiger partial charge in [-0.05, 0) is 49.7 Å². The highest BCUT2D eigenvalue weighted by atomic mass is 35.5. The number of aryl methyl sites for hydroxylation is 2. The van der Waals surface area contributed by atoms with Gasteiger partial charge in [-0.1, -0.05) is 23.2 Å². The van der Waals surface area contributed by atoms with Gasteiger partial charge in [0.05, 0.1) is 5.02 Å². The van der Waals surface area contributed by atoms with Crippen LogP contribution in [0.1, 0.15) is 16.7 Å². The van der Waals surface area contributed by atoms with E-state index in [0.29, 0.717) is 22.5 Å². The van der Waals surface area contributed by atoms with Gasteiger partial charge in [0.25, 0.3) is 0 Å². The molecule has 1 aromatic heterocycles. The minimum Gasteiger partial charge on any atom is -0.438 e. The second-order valence-electron chi connectivity index (χ2n) is 4.62. The van der Waals surface area contributed by atoms with Crippen LogP contribution in [0, 0.1) is 13.8 Å². The summed E-state index contributed by atoms with van der Waals surface area (Å²) in [5, 5.41) is 4.38. The summed E-state index contributed by atoms with van der Waals surface area (Å²) in [6.45, 7) is 4.58. The van der Waals surface area contributed by atoms with Crippen LogP contribution in [-0.2, 0) is 6.54 Å². The first-order valence-corrected chi connectivity index (χ1v) is 7.00. The summed E-state index contributed by atoms with van der Waals surface area (Å²) < 4.78 is 5.88. The molecule has 0 fully saturated rings. The van der Waals surface area contributed by atoms with E-state index in [-0.39, 0.29) is 0 Å². The number of nitrogens with one attached hydrogen (secondary N) is 1. The molecule has 0 unspecified atom stereocenters. The Balaban J connectivity index is 2.33. The molecular formula is C15H16Cl2N2O. The normalized spacial score (nSPS) is 10.7. The third-order valence-corrected chi connectivity index (χ3v) is 3.47. The van der Waals surface area contributed by atoms with Gasteiger partial charge in [0.1, 0.15) is 5.75 Å². The molecule has 1 aromatic carbocycles. The highest BCUT2D eigenvalue weighted by Crippen LogP contribution is 2.31. The Labute approximate surface area is 128 Å². The molecule has 0 saturated carbocycles. The van der Waals surface area contributed by atoms with Crippen molar-refractivity contribution in [3.8, 4) is 11.6 Å². The van der Waals surface area contributed by atoms with Gasteiger partial charge >= 0.3 is 0 Å². The molecule has 0 spiro atoms. The van der Waals surface area contributed by atoms with E-state index in [1.165, 1.54) is 0 Å². The number of rotatable bonds is 4. The number of pyridine rings is 1. The Hall–Kier alpha value is -1.29. The average molecular weight is 311 g/mol. The summed E-state index contributed by atoms with van der Waals surface area (Å²) in [5.41, 5.74) is 2.90. The Bertz CT molecular complexity index is 606. The topological polar surface area (TPSA) is 34.1 Å². The smallest absolute Gasteiger partial charge is 0.219 e. The van der Waals surface area contributed by atoms with E-state index in [2.05, 4.69) is 10.3 Å². The van der Waals surface area contributed by atoms with E-state index in [1.54, 1.807) is 6.20 Å². The van der Waals surface area contributed by atoms with Crippen molar-refractivity contribution in [1.82, 2.24) is 10.3 Å². The van der Waals surface area contributed by atoms with Crippen LogP contribution in [0.25, 0.3) is 0 Å². The zero-order chi connectivity index (χ0) is 14.7. The van der Waals surface area contributed by atoms with Crippen molar-refractivity contribution in [1.29, 1.82) is 0 Å². The van der Waals surface area contributed by atoms with Crippen molar-refractivity contribution < 1.29 is 4.74 Å². The van der Waals surface area contributed by atoms with Gasteiger partial charge in [-0.25, -0.2) is 4.98 Å². The number of hydrogen-bond acceptors (Lipinski definition) is 3. The van der Waals surface area contributed by atoms with Crippen LogP contribution in [0.5, 0.6) is 11.6 Å². The summed E-state index contributed by atoms with van der Waals surface area (Å²) in [7, 11) is 1.87. The van der Waals surface area contributed by atoms with Crippen molar-refractivity contribution in [2.24, 2.45) is 0 Å². The van der Waals surface area contributed by atoms with Crippen LogP contribution in [-0.4, -0.2) is 12.0 Å². The molecule has 0 bridgehead atoms. The van der Waals surface area contributed by atoms with Gasteiger partial charge in [0.2, 0.25) is 5.88 Å². The molecule has 0 aliphatic carbocycles. The Morgan fingerprint density at radius 1 is 1.15 bits per heavy atom. The van der Waals surface area contributed by atoms with Gasteiger partial charge in [-0.15, -0.1) is 0 Å². The fourth-order valence-corrected chi connectivity index (χ4v) is 2.50. The number of ether oxygens (including phenoxy) is 1. The fraction of sp³-hybridized carbons (Fsp3) is 0.267. The zero-order valence-electron chi connectivity index (χ0n) is 11.6. The molecule has 0 radical (unpaired) electrons. The molecule has 1 heterocycles. The molecule has 5 heteroatoms. The third kappa shape index (κ3) is 3.42. The molecule has 0 aliphatic heterocycles. The standard InChI is InChI=1S/C15H16Cl2N2O/c1-9-4-12(16)5-10(2)15(9)20-14-6-11(7-18-3)13(17)8-19-14/h4-6,8,18H,7H2,1-3H3. The molecule has 0 aliphatic rings. The Kier molecular flexibility index (Phi) is 4.86. The Morgan fingerprint density at radius 3 is 2.40 bits per heavy atom. The number of benzene rings is 1. The predicted molar refractivity (Wildman–Crippen MR) is 83.0 cm³/mol. The lowest BCUT2D eigenvalue weighted by Gasteiger charge is -2.12. The maximum absolute atomic E-state index is 6.09. The number of hydrogen-bond donors (Lipinski definition) is 1. The lowest BCUT2D eigenvalue weighted by Crippen LogP contribution is -2.06. The van der Waals surface area contributed by atoms with E-state index < -0.39 is 0 Å². The second-order valence-corrected chi connectivity index (χ2v) is 5.46. The van der Waals surface area contributed by atoms with Gasteiger partial charge in [0, 0.05) is 23.8 Å². The monoisotopic (exact) mass is 310 g/mol. The molecule has 20 heavy (non-hydrogen) atoms. The second kappa shape index (κ2) is 6.44. The van der Waals surface area contributed by atoms with Crippen LogP contribution in [0.4, 0.5) is 0 Å². The first kappa shape index (κ1) is 15.1. The summed E-state index contributed by atoms with van der Waals surface area (Å²) in [5.74, 6) is 1.30. The Morgan fingerprint density at radius 2 is 1.80 bits per heavy atom. The molecule has 0 saturated heterocycles. The zero-order valence-corrected chi connectivity index (χ0v) is 13.1. The first-order chi connectivity index (χ1) is 9.51. The highest BCUT2D eigenvalue weighted by Gasteiger charge is 2.10. The molecule has 0 atom stereocenters. The quantitative estimate of drug-likeness (QED) is 0.901. The largest absolute Gasteiger partial charge is 0.438 e. The van der Waals surface area contributed by atoms with Crippen LogP contribution in [0.2, 0.25) is 10.0 Å². The first-order valence-electron chi connectivity index (χ1n) is 6.25. The van der Waals surface area contributed by atoms with Crippen molar-refractivity contribution in [3.63, 3.8) is 0 Å². The summed E-state index contributed by atoms with van der Waals surface area (Å²) in [4.78, 5) is 4.21. The van der Waals surface area contributed by atoms with E-state index >= 15 is 0 Å². The number of nitrogens with zero attached hydrogens (tertiary/aromatic N) is 1. The molecule has 2 rings (SSSR count). The average Bonchev–Trinajstić information content (AvgIpc) is 2.37. The van der Waals surface area contributed by atoms with E-state index in [1.807, 2.05) is 39.1 Å². The van der Waals surface area contributed by atoms with Crippen molar-refractivity contribution in [3.05, 3.63) is 51.1 Å². The van der Waals surface area contributed by atoms with Gasteiger partial charge in [0.15, 0.2) is 0 Å². The van der Waals surface area contributed by atoms with E-state index in [9.17, 15) is 0 Å². The molecule has 0 amide bonds. The SMILES string of the molecule is CNCc1cc(Oc2c(C)cc(Cl)cc2C)ncc1Cl. The molecule has 3 nitrogen and oxygen atoms in total. The number of halogens is 2. The van der Waals surface area contributed by atoms with E-state index in [0.717, 1.165) is 22.4 Å². The van der Waals surface area contributed by atoms with Crippen LogP contribution >= 0.6 is 23.2 Å². The van der Waals surface area contributed by atoms with Crippen LogP contribution < -0.4 is 10.1 Å². The number of aromatic nitrogens is 1. The van der Waals surface area contributed by atoms with E-state index in [4.69, 9.17) is 27.9 Å². The minimum absolute atomic E-state index is 0.521.